The number of fused-ring (bicyclic) bond motifs is 2. The summed E-state index contributed by atoms with van der Waals surface area (Å²) in [5.41, 5.74) is 7.55. The molecule has 5 rings (SSSR count). The van der Waals surface area contributed by atoms with Gasteiger partial charge in [-0.15, -0.1) is 0 Å². The van der Waals surface area contributed by atoms with Gasteiger partial charge in [-0.25, -0.2) is 8.42 Å². The highest BCUT2D eigenvalue weighted by Gasteiger charge is 2.28. The zero-order chi connectivity index (χ0) is 26.0. The van der Waals surface area contributed by atoms with Crippen LogP contribution in [0.1, 0.15) is 59.3 Å². The largest absolute Gasteiger partial charge is 0.358 e. The number of nitrogens with one attached hydrogen (secondary N) is 2. The highest BCUT2D eigenvalue weighted by atomic mass is 32.2. The zero-order valence-corrected chi connectivity index (χ0v) is 22.5. The standard InChI is InChI=1S/C30H35N3O3S/c1-33(2)17-9-13-24-23-12-7-4-8-14-27(23)31-29(24)19-26-25-18-22(15-16-28(25)32-30(26)34)37(35,36)20-21-10-5-3-6-11-21/h3,5-6,10-11,15-16,18-19,31H,4,7-9,12-14,17,20H2,1-2H3,(H,32,34)/b26-19-. The number of anilines is 1. The van der Waals surface area contributed by atoms with E-state index in [1.807, 2.05) is 36.4 Å². The van der Waals surface area contributed by atoms with Gasteiger partial charge in [0.2, 0.25) is 0 Å². The van der Waals surface area contributed by atoms with Crippen molar-refractivity contribution in [3.63, 3.8) is 0 Å². The number of amides is 1. The normalized spacial score (nSPS) is 16.5. The van der Waals surface area contributed by atoms with Crippen molar-refractivity contribution in [3.8, 4) is 0 Å². The summed E-state index contributed by atoms with van der Waals surface area (Å²) >= 11 is 0. The number of carbonyl (C=O) groups excluding carboxylic acids is 1. The van der Waals surface area contributed by atoms with Crippen LogP contribution in [0.15, 0.2) is 53.4 Å². The number of nitrogens with zero attached hydrogens (tertiary/aromatic N) is 1. The maximum Gasteiger partial charge on any atom is 0.256 e. The molecule has 0 unspecified atom stereocenters. The lowest BCUT2D eigenvalue weighted by Gasteiger charge is -2.11. The molecular formula is C30H35N3O3S. The molecule has 0 radical (unpaired) electrons. The van der Waals surface area contributed by atoms with Crippen LogP contribution < -0.4 is 5.32 Å². The number of aromatic amines is 1. The second-order valence-corrected chi connectivity index (χ2v) is 12.4. The molecule has 0 atom stereocenters. The molecule has 7 heteroatoms. The number of hydrogen-bond donors (Lipinski definition) is 2. The highest BCUT2D eigenvalue weighted by molar-refractivity contribution is 7.90. The molecule has 1 aromatic heterocycles. The molecule has 0 saturated carbocycles. The fourth-order valence-corrected chi connectivity index (χ4v) is 6.83. The Kier molecular flexibility index (Phi) is 7.36. The minimum Gasteiger partial charge on any atom is -0.358 e. The zero-order valence-electron chi connectivity index (χ0n) is 21.6. The lowest BCUT2D eigenvalue weighted by Crippen LogP contribution is -2.13. The van der Waals surface area contributed by atoms with E-state index in [-0.39, 0.29) is 16.6 Å². The SMILES string of the molecule is CN(C)CCCc1c(/C=C2\C(=O)Nc3ccc(S(=O)(=O)Cc4ccccc4)cc32)[nH]c2c1CCCCC2. The summed E-state index contributed by atoms with van der Waals surface area (Å²) in [6.07, 6.45) is 9.63. The van der Waals surface area contributed by atoms with Gasteiger partial charge in [0.15, 0.2) is 9.84 Å². The quantitative estimate of drug-likeness (QED) is 0.316. The van der Waals surface area contributed by atoms with Gasteiger partial charge in [-0.2, -0.15) is 0 Å². The summed E-state index contributed by atoms with van der Waals surface area (Å²) in [4.78, 5) is 19.1. The third kappa shape index (κ3) is 5.58. The molecule has 194 valence electrons. The first kappa shape index (κ1) is 25.5. The van der Waals surface area contributed by atoms with Gasteiger partial charge in [0, 0.05) is 22.6 Å². The van der Waals surface area contributed by atoms with E-state index < -0.39 is 9.84 Å². The molecule has 1 aliphatic carbocycles. The number of aromatic nitrogens is 1. The Hall–Kier alpha value is -3.16. The molecule has 1 amide bonds. The van der Waals surface area contributed by atoms with Crippen LogP contribution in [-0.2, 0) is 39.6 Å². The summed E-state index contributed by atoms with van der Waals surface area (Å²) in [6.45, 7) is 1.00. The minimum atomic E-state index is -3.56. The number of carbonyl (C=O) groups is 1. The summed E-state index contributed by atoms with van der Waals surface area (Å²) < 4.78 is 26.4. The van der Waals surface area contributed by atoms with Crippen molar-refractivity contribution >= 4 is 33.1 Å². The second kappa shape index (κ2) is 10.7. The Morgan fingerprint density at radius 2 is 1.78 bits per heavy atom. The molecule has 0 saturated heterocycles. The Morgan fingerprint density at radius 3 is 2.57 bits per heavy atom. The third-order valence-corrected chi connectivity index (χ3v) is 9.03. The predicted molar refractivity (Wildman–Crippen MR) is 149 cm³/mol. The Morgan fingerprint density at radius 1 is 1.00 bits per heavy atom. The Labute approximate surface area is 219 Å². The van der Waals surface area contributed by atoms with Gasteiger partial charge in [0.1, 0.15) is 0 Å². The number of sulfone groups is 1. The molecule has 6 nitrogen and oxygen atoms in total. The van der Waals surface area contributed by atoms with Crippen molar-refractivity contribution in [1.82, 2.24) is 9.88 Å². The van der Waals surface area contributed by atoms with Gasteiger partial charge < -0.3 is 15.2 Å². The molecule has 1 aliphatic heterocycles. The summed E-state index contributed by atoms with van der Waals surface area (Å²) in [5, 5.41) is 2.92. The van der Waals surface area contributed by atoms with E-state index in [0.29, 0.717) is 16.8 Å². The van der Waals surface area contributed by atoms with Gasteiger partial charge in [-0.3, -0.25) is 4.79 Å². The number of benzene rings is 2. The van der Waals surface area contributed by atoms with Crippen molar-refractivity contribution in [1.29, 1.82) is 0 Å². The summed E-state index contributed by atoms with van der Waals surface area (Å²) in [5.74, 6) is -0.275. The van der Waals surface area contributed by atoms with Crippen molar-refractivity contribution in [2.45, 2.75) is 55.6 Å². The van der Waals surface area contributed by atoms with E-state index >= 15 is 0 Å². The van der Waals surface area contributed by atoms with E-state index in [0.717, 1.165) is 43.5 Å². The first-order valence-electron chi connectivity index (χ1n) is 13.1. The monoisotopic (exact) mass is 517 g/mol. The van der Waals surface area contributed by atoms with Crippen LogP contribution in [0.4, 0.5) is 5.69 Å². The Bertz CT molecular complexity index is 1440. The maximum absolute atomic E-state index is 13.2. The van der Waals surface area contributed by atoms with Gasteiger partial charge in [-0.05, 0) is 100 Å². The van der Waals surface area contributed by atoms with E-state index in [1.165, 1.54) is 36.1 Å². The highest BCUT2D eigenvalue weighted by Crippen LogP contribution is 2.37. The molecule has 2 aliphatic rings. The van der Waals surface area contributed by atoms with E-state index in [9.17, 15) is 13.2 Å². The molecule has 2 N–H and O–H groups in total. The fraction of sp³-hybridized carbons (Fsp3) is 0.367. The van der Waals surface area contributed by atoms with E-state index in [4.69, 9.17) is 0 Å². The number of hydrogen-bond acceptors (Lipinski definition) is 4. The second-order valence-electron chi connectivity index (χ2n) is 10.4. The summed E-state index contributed by atoms with van der Waals surface area (Å²) in [6, 6.07) is 14.1. The van der Waals surface area contributed by atoms with Crippen LogP contribution in [0.5, 0.6) is 0 Å². The fourth-order valence-electron chi connectivity index (χ4n) is 5.46. The smallest absolute Gasteiger partial charge is 0.256 e. The topological polar surface area (TPSA) is 82.3 Å². The number of aryl methyl sites for hydroxylation is 1. The van der Waals surface area contributed by atoms with Gasteiger partial charge >= 0.3 is 0 Å². The Balaban J connectivity index is 1.52. The lowest BCUT2D eigenvalue weighted by molar-refractivity contribution is -0.110. The van der Waals surface area contributed by atoms with Gasteiger partial charge in [0.25, 0.3) is 5.91 Å². The number of rotatable bonds is 8. The first-order valence-corrected chi connectivity index (χ1v) is 14.8. The van der Waals surface area contributed by atoms with E-state index in [2.05, 4.69) is 29.3 Å². The van der Waals surface area contributed by atoms with Crippen LogP contribution in [0.2, 0.25) is 0 Å². The molecule has 0 bridgehead atoms. The van der Waals surface area contributed by atoms with Gasteiger partial charge in [0.05, 0.1) is 16.2 Å². The average Bonchev–Trinajstić information content (AvgIpc) is 3.24. The van der Waals surface area contributed by atoms with Crippen LogP contribution in [0.25, 0.3) is 11.6 Å². The molecule has 0 fully saturated rings. The molecule has 0 spiro atoms. The van der Waals surface area contributed by atoms with Crippen LogP contribution >= 0.6 is 0 Å². The van der Waals surface area contributed by atoms with Crippen molar-refractivity contribution < 1.29 is 13.2 Å². The first-order chi connectivity index (χ1) is 17.8. The van der Waals surface area contributed by atoms with Crippen LogP contribution in [0, 0.1) is 0 Å². The van der Waals surface area contributed by atoms with Crippen molar-refractivity contribution in [2.75, 3.05) is 26.0 Å². The molecule has 3 aromatic rings. The van der Waals surface area contributed by atoms with E-state index in [1.54, 1.807) is 18.2 Å². The number of H-pyrrole nitrogens is 1. The van der Waals surface area contributed by atoms with Crippen LogP contribution in [-0.4, -0.2) is 44.8 Å². The minimum absolute atomic E-state index is 0.0770. The maximum atomic E-state index is 13.2. The molecular weight excluding hydrogens is 482 g/mol. The van der Waals surface area contributed by atoms with Gasteiger partial charge in [-0.1, -0.05) is 36.8 Å². The lowest BCUT2D eigenvalue weighted by atomic mass is 9.98. The average molecular weight is 518 g/mol. The van der Waals surface area contributed by atoms with Crippen LogP contribution in [0.3, 0.4) is 0 Å². The third-order valence-electron chi connectivity index (χ3n) is 7.35. The molecule has 37 heavy (non-hydrogen) atoms. The van der Waals surface area contributed by atoms with Crippen molar-refractivity contribution in [3.05, 3.63) is 82.2 Å². The van der Waals surface area contributed by atoms with Crippen molar-refractivity contribution in [2.24, 2.45) is 0 Å². The summed E-state index contributed by atoms with van der Waals surface area (Å²) in [7, 11) is 0.612. The molecule has 2 aromatic carbocycles. The molecule has 2 heterocycles. The predicted octanol–water partition coefficient (Wildman–Crippen LogP) is 5.24.